The Bertz CT molecular complexity index is 697. The molecule has 1 aromatic heterocycles. The predicted octanol–water partition coefficient (Wildman–Crippen LogP) is 3.46. The third-order valence-electron chi connectivity index (χ3n) is 4.55. The summed E-state index contributed by atoms with van der Waals surface area (Å²) in [6, 6.07) is 10.4. The van der Waals surface area contributed by atoms with Gasteiger partial charge in [-0.05, 0) is 71.1 Å². The van der Waals surface area contributed by atoms with Crippen LogP contribution in [0, 0.1) is 10.5 Å². The van der Waals surface area contributed by atoms with Gasteiger partial charge in [-0.15, -0.1) is 11.3 Å². The van der Waals surface area contributed by atoms with Crippen LogP contribution in [0.4, 0.5) is 5.69 Å². The lowest BCUT2D eigenvalue weighted by Gasteiger charge is -2.34. The van der Waals surface area contributed by atoms with Crippen LogP contribution in [-0.2, 0) is 11.2 Å². The number of nitrogens with zero attached hydrogens (tertiary/aromatic N) is 2. The van der Waals surface area contributed by atoms with Crippen LogP contribution in [0.5, 0.6) is 0 Å². The number of anilines is 1. The Morgan fingerprint density at radius 2 is 1.96 bits per heavy atom. The standard InChI is InChI=1S/C19H24IN3OS/c1-15-13-16(20)4-5-18(15)21-19(24)14-23-10-8-22(9-11-23)7-6-17-3-2-12-25-17/h2-5,12-13H,6-11,14H2,1H3,(H,21,24). The lowest BCUT2D eigenvalue weighted by molar-refractivity contribution is -0.117. The van der Waals surface area contributed by atoms with Gasteiger partial charge >= 0.3 is 0 Å². The zero-order chi connectivity index (χ0) is 17.6. The van der Waals surface area contributed by atoms with Crippen LogP contribution in [0.1, 0.15) is 10.4 Å². The van der Waals surface area contributed by atoms with E-state index >= 15 is 0 Å². The molecular formula is C19H24IN3OS. The third kappa shape index (κ3) is 5.77. The van der Waals surface area contributed by atoms with Crippen LogP contribution in [-0.4, -0.2) is 55.0 Å². The summed E-state index contributed by atoms with van der Waals surface area (Å²) < 4.78 is 1.19. The predicted molar refractivity (Wildman–Crippen MR) is 113 cm³/mol. The molecular weight excluding hydrogens is 445 g/mol. The van der Waals surface area contributed by atoms with Gasteiger partial charge in [0.25, 0.3) is 0 Å². The number of piperazine rings is 1. The van der Waals surface area contributed by atoms with E-state index in [0.29, 0.717) is 6.54 Å². The number of carbonyl (C=O) groups excluding carboxylic acids is 1. The number of thiophene rings is 1. The number of carbonyl (C=O) groups is 1. The normalized spacial score (nSPS) is 16.1. The van der Waals surface area contributed by atoms with Crippen molar-refractivity contribution >= 4 is 45.5 Å². The molecule has 1 saturated heterocycles. The van der Waals surface area contributed by atoms with E-state index in [1.807, 2.05) is 30.4 Å². The zero-order valence-corrected chi connectivity index (χ0v) is 17.5. The van der Waals surface area contributed by atoms with Crippen molar-refractivity contribution < 1.29 is 4.79 Å². The molecule has 0 aliphatic carbocycles. The fourth-order valence-electron chi connectivity index (χ4n) is 3.05. The number of benzene rings is 1. The second-order valence-corrected chi connectivity index (χ2v) is 8.73. The Morgan fingerprint density at radius 3 is 2.64 bits per heavy atom. The lowest BCUT2D eigenvalue weighted by Crippen LogP contribution is -2.49. The topological polar surface area (TPSA) is 35.6 Å². The Balaban J connectivity index is 1.40. The second-order valence-electron chi connectivity index (χ2n) is 6.45. The highest BCUT2D eigenvalue weighted by molar-refractivity contribution is 14.1. The van der Waals surface area contributed by atoms with Crippen LogP contribution in [0.3, 0.4) is 0 Å². The third-order valence-corrected chi connectivity index (χ3v) is 6.16. The van der Waals surface area contributed by atoms with E-state index < -0.39 is 0 Å². The van der Waals surface area contributed by atoms with Gasteiger partial charge in [0.2, 0.25) is 5.91 Å². The van der Waals surface area contributed by atoms with Crippen molar-refractivity contribution in [2.75, 3.05) is 44.6 Å². The molecule has 2 heterocycles. The number of nitrogens with one attached hydrogen (secondary N) is 1. The highest BCUT2D eigenvalue weighted by Gasteiger charge is 2.19. The average molecular weight is 469 g/mol. The van der Waals surface area contributed by atoms with Crippen molar-refractivity contribution in [3.63, 3.8) is 0 Å². The molecule has 2 aromatic rings. The van der Waals surface area contributed by atoms with Crippen LogP contribution in [0.25, 0.3) is 0 Å². The van der Waals surface area contributed by atoms with Crippen LogP contribution in [0.15, 0.2) is 35.7 Å². The van der Waals surface area contributed by atoms with Crippen LogP contribution < -0.4 is 5.32 Å². The highest BCUT2D eigenvalue weighted by atomic mass is 127. The van der Waals surface area contributed by atoms with Crippen molar-refractivity contribution in [1.82, 2.24) is 9.80 Å². The molecule has 0 atom stereocenters. The number of hydrogen-bond acceptors (Lipinski definition) is 4. The van der Waals surface area contributed by atoms with Crippen molar-refractivity contribution in [3.05, 3.63) is 49.7 Å². The first kappa shape index (κ1) is 18.8. The molecule has 4 nitrogen and oxygen atoms in total. The van der Waals surface area contributed by atoms with Gasteiger partial charge in [0.1, 0.15) is 0 Å². The molecule has 1 amide bonds. The quantitative estimate of drug-likeness (QED) is 0.659. The maximum absolute atomic E-state index is 12.3. The lowest BCUT2D eigenvalue weighted by atomic mass is 10.2. The first-order valence-electron chi connectivity index (χ1n) is 8.63. The van der Waals surface area contributed by atoms with Gasteiger partial charge in [-0.2, -0.15) is 0 Å². The molecule has 6 heteroatoms. The molecule has 0 saturated carbocycles. The summed E-state index contributed by atoms with van der Waals surface area (Å²) in [4.78, 5) is 18.5. The summed E-state index contributed by atoms with van der Waals surface area (Å²) in [7, 11) is 0. The van der Waals surface area contributed by atoms with Crippen molar-refractivity contribution in [1.29, 1.82) is 0 Å². The highest BCUT2D eigenvalue weighted by Crippen LogP contribution is 2.17. The monoisotopic (exact) mass is 469 g/mol. The number of hydrogen-bond donors (Lipinski definition) is 1. The molecule has 1 aromatic carbocycles. The SMILES string of the molecule is Cc1cc(I)ccc1NC(=O)CN1CCN(CCc2cccs2)CC1. The number of aryl methyl sites for hydroxylation is 1. The van der Waals surface area contributed by atoms with Gasteiger partial charge in [0, 0.05) is 46.9 Å². The summed E-state index contributed by atoms with van der Waals surface area (Å²) in [6.45, 7) is 7.63. The number of rotatable bonds is 6. The maximum atomic E-state index is 12.3. The summed E-state index contributed by atoms with van der Waals surface area (Å²) in [5, 5.41) is 5.18. The Labute approximate surface area is 167 Å². The van der Waals surface area contributed by atoms with Gasteiger partial charge in [0.15, 0.2) is 0 Å². The zero-order valence-electron chi connectivity index (χ0n) is 14.5. The Hall–Kier alpha value is -0.960. The summed E-state index contributed by atoms with van der Waals surface area (Å²) in [6.07, 6.45) is 1.13. The molecule has 0 spiro atoms. The van der Waals surface area contributed by atoms with E-state index in [4.69, 9.17) is 0 Å². The summed E-state index contributed by atoms with van der Waals surface area (Å²) in [5.41, 5.74) is 2.03. The molecule has 0 unspecified atom stereocenters. The van der Waals surface area contributed by atoms with Crippen molar-refractivity contribution in [2.24, 2.45) is 0 Å². The van der Waals surface area contributed by atoms with E-state index in [2.05, 4.69) is 61.3 Å². The fraction of sp³-hybridized carbons (Fsp3) is 0.421. The van der Waals surface area contributed by atoms with Gasteiger partial charge in [-0.1, -0.05) is 6.07 Å². The van der Waals surface area contributed by atoms with E-state index in [0.717, 1.165) is 50.4 Å². The number of amides is 1. The van der Waals surface area contributed by atoms with E-state index in [1.165, 1.54) is 8.45 Å². The van der Waals surface area contributed by atoms with Crippen molar-refractivity contribution in [3.8, 4) is 0 Å². The molecule has 0 bridgehead atoms. The molecule has 1 N–H and O–H groups in total. The summed E-state index contributed by atoms with van der Waals surface area (Å²) >= 11 is 4.12. The maximum Gasteiger partial charge on any atom is 0.238 e. The van der Waals surface area contributed by atoms with Gasteiger partial charge in [-0.25, -0.2) is 0 Å². The van der Waals surface area contributed by atoms with E-state index in [1.54, 1.807) is 0 Å². The fourth-order valence-corrected chi connectivity index (χ4v) is 4.40. The minimum absolute atomic E-state index is 0.0799. The first-order chi connectivity index (χ1) is 12.1. The molecule has 25 heavy (non-hydrogen) atoms. The molecule has 1 aliphatic rings. The van der Waals surface area contributed by atoms with E-state index in [9.17, 15) is 4.79 Å². The van der Waals surface area contributed by atoms with Gasteiger partial charge in [-0.3, -0.25) is 9.69 Å². The first-order valence-corrected chi connectivity index (χ1v) is 10.6. The van der Waals surface area contributed by atoms with Gasteiger partial charge < -0.3 is 10.2 Å². The average Bonchev–Trinajstić information content (AvgIpc) is 3.10. The summed E-state index contributed by atoms with van der Waals surface area (Å²) in [5.74, 6) is 0.0799. The largest absolute Gasteiger partial charge is 0.325 e. The van der Waals surface area contributed by atoms with Crippen LogP contribution in [0.2, 0.25) is 0 Å². The Kier molecular flexibility index (Phi) is 6.86. The number of halogens is 1. The van der Waals surface area contributed by atoms with Crippen molar-refractivity contribution in [2.45, 2.75) is 13.3 Å². The van der Waals surface area contributed by atoms with Gasteiger partial charge in [0.05, 0.1) is 6.54 Å². The molecule has 1 aliphatic heterocycles. The minimum atomic E-state index is 0.0799. The minimum Gasteiger partial charge on any atom is -0.325 e. The van der Waals surface area contributed by atoms with E-state index in [-0.39, 0.29) is 5.91 Å². The second kappa shape index (κ2) is 9.12. The molecule has 0 radical (unpaired) electrons. The van der Waals surface area contributed by atoms with Crippen LogP contribution >= 0.6 is 33.9 Å². The molecule has 134 valence electrons. The molecule has 3 rings (SSSR count). The Morgan fingerprint density at radius 1 is 1.20 bits per heavy atom. The molecule has 1 fully saturated rings. The smallest absolute Gasteiger partial charge is 0.238 e.